The van der Waals surface area contributed by atoms with Crippen LogP contribution in [-0.2, 0) is 4.74 Å². The minimum absolute atomic E-state index is 0.424. The average Bonchev–Trinajstić information content (AvgIpc) is 2.01. The lowest BCUT2D eigenvalue weighted by atomic mass is 9.96. The van der Waals surface area contributed by atoms with Crippen LogP contribution in [0.2, 0.25) is 0 Å². The Kier molecular flexibility index (Phi) is 4.29. The van der Waals surface area contributed by atoms with Gasteiger partial charge in [0.05, 0.1) is 6.10 Å². The van der Waals surface area contributed by atoms with Crippen molar-refractivity contribution in [2.24, 2.45) is 0 Å². The van der Waals surface area contributed by atoms with Crippen molar-refractivity contribution in [3.63, 3.8) is 0 Å². The third-order valence-electron chi connectivity index (χ3n) is 2.03. The van der Waals surface area contributed by atoms with Gasteiger partial charge < -0.3 is 4.74 Å². The van der Waals surface area contributed by atoms with Gasteiger partial charge in [-0.1, -0.05) is 22.5 Å². The van der Waals surface area contributed by atoms with E-state index in [9.17, 15) is 0 Å². The number of allylic oxidation sites excluding steroid dienone is 4. The minimum Gasteiger partial charge on any atom is -0.490 e. The molecule has 0 heterocycles. The van der Waals surface area contributed by atoms with Crippen molar-refractivity contribution >= 4 is 15.9 Å². The number of ether oxygens (including phenoxy) is 1. The molecule has 13 heavy (non-hydrogen) atoms. The maximum Gasteiger partial charge on any atom is 0.119 e. The molecule has 0 atom stereocenters. The zero-order valence-corrected chi connectivity index (χ0v) is 9.51. The maximum absolute atomic E-state index is 5.66. The highest BCUT2D eigenvalue weighted by molar-refractivity contribution is 9.11. The fourth-order valence-corrected chi connectivity index (χ4v) is 1.17. The van der Waals surface area contributed by atoms with Crippen LogP contribution in [0.4, 0.5) is 0 Å². The summed E-state index contributed by atoms with van der Waals surface area (Å²) in [7, 11) is 0. The van der Waals surface area contributed by atoms with Crippen molar-refractivity contribution in [2.45, 2.75) is 32.3 Å². The molecule has 0 bridgehead atoms. The van der Waals surface area contributed by atoms with E-state index < -0.39 is 0 Å². The van der Waals surface area contributed by atoms with E-state index in [1.165, 1.54) is 19.3 Å². The molecule has 1 saturated carbocycles. The molecule has 2 heteroatoms. The van der Waals surface area contributed by atoms with Crippen molar-refractivity contribution in [1.29, 1.82) is 0 Å². The monoisotopic (exact) mass is 242 g/mol. The van der Waals surface area contributed by atoms with Gasteiger partial charge in [-0.2, -0.15) is 0 Å². The van der Waals surface area contributed by atoms with Gasteiger partial charge in [0, 0.05) is 0 Å². The molecule has 1 rings (SSSR count). The zero-order chi connectivity index (χ0) is 9.68. The van der Waals surface area contributed by atoms with Crippen LogP contribution in [0.5, 0.6) is 0 Å². The van der Waals surface area contributed by atoms with Crippen molar-refractivity contribution in [2.75, 3.05) is 0 Å². The summed E-state index contributed by atoms with van der Waals surface area (Å²) in [5, 5.41) is 0. The molecule has 1 aliphatic rings. The van der Waals surface area contributed by atoms with Crippen LogP contribution in [-0.4, -0.2) is 6.10 Å². The molecule has 0 aliphatic heterocycles. The zero-order valence-electron chi connectivity index (χ0n) is 7.92. The first kappa shape index (κ1) is 10.6. The van der Waals surface area contributed by atoms with E-state index in [0.717, 1.165) is 10.2 Å². The summed E-state index contributed by atoms with van der Waals surface area (Å²) < 4.78 is 6.75. The molecule has 0 spiro atoms. The van der Waals surface area contributed by atoms with E-state index >= 15 is 0 Å². The lowest BCUT2D eigenvalue weighted by Crippen LogP contribution is -2.20. The average molecular weight is 243 g/mol. The van der Waals surface area contributed by atoms with Gasteiger partial charge in [0.1, 0.15) is 5.76 Å². The fraction of sp³-hybridized carbons (Fsp3) is 0.455. The van der Waals surface area contributed by atoms with Gasteiger partial charge in [0.15, 0.2) is 0 Å². The molecule has 1 nitrogen and oxygen atoms in total. The smallest absolute Gasteiger partial charge is 0.119 e. The Morgan fingerprint density at radius 2 is 2.15 bits per heavy atom. The summed E-state index contributed by atoms with van der Waals surface area (Å²) in [4.78, 5) is 0. The third kappa shape index (κ3) is 3.81. The summed E-state index contributed by atoms with van der Waals surface area (Å²) in [6.07, 6.45) is 9.75. The minimum atomic E-state index is 0.424. The summed E-state index contributed by atoms with van der Waals surface area (Å²) in [5.74, 6) is 0.864. The number of hydrogen-bond acceptors (Lipinski definition) is 1. The van der Waals surface area contributed by atoms with Crippen LogP contribution < -0.4 is 0 Å². The second-order valence-electron chi connectivity index (χ2n) is 3.20. The van der Waals surface area contributed by atoms with Gasteiger partial charge in [-0.25, -0.2) is 0 Å². The summed E-state index contributed by atoms with van der Waals surface area (Å²) in [6, 6.07) is 0. The van der Waals surface area contributed by atoms with Crippen LogP contribution in [0.15, 0.2) is 35.0 Å². The Morgan fingerprint density at radius 1 is 1.46 bits per heavy atom. The molecule has 0 unspecified atom stereocenters. The second-order valence-corrected chi connectivity index (χ2v) is 4.45. The standard InChI is InChI=1S/C11H15BrO/c1-3-10(8-7-9(2)12)13-11-5-4-6-11/h3,7-8,11H,1,4-6H2,2H3/b9-7+,10-8+. The topological polar surface area (TPSA) is 9.23 Å². The SMILES string of the molecule is C=C/C(=C\C=C(/C)Br)OC1CCC1. The number of rotatable bonds is 4. The molecular weight excluding hydrogens is 228 g/mol. The number of hydrogen-bond donors (Lipinski definition) is 0. The molecule has 0 amide bonds. The molecule has 0 aromatic carbocycles. The summed E-state index contributed by atoms with van der Waals surface area (Å²) in [5.41, 5.74) is 0. The Labute approximate surface area is 88.3 Å². The quantitative estimate of drug-likeness (QED) is 0.537. The second kappa shape index (κ2) is 5.28. The molecule has 0 aromatic heterocycles. The predicted octanol–water partition coefficient (Wildman–Crippen LogP) is 3.92. The first-order chi connectivity index (χ1) is 6.22. The Balaban J connectivity index is 2.45. The van der Waals surface area contributed by atoms with Crippen molar-refractivity contribution < 1.29 is 4.74 Å². The Bertz CT molecular complexity index is 232. The van der Waals surface area contributed by atoms with Gasteiger partial charge in [0.25, 0.3) is 0 Å². The molecular formula is C11H15BrO. The van der Waals surface area contributed by atoms with Crippen molar-refractivity contribution in [1.82, 2.24) is 0 Å². The molecule has 72 valence electrons. The van der Waals surface area contributed by atoms with Gasteiger partial charge in [-0.15, -0.1) is 0 Å². The maximum atomic E-state index is 5.66. The number of halogens is 1. The van der Waals surface area contributed by atoms with Crippen molar-refractivity contribution in [3.8, 4) is 0 Å². The van der Waals surface area contributed by atoms with Crippen LogP contribution >= 0.6 is 15.9 Å². The normalized spacial score (nSPS) is 19.5. The van der Waals surface area contributed by atoms with E-state index in [4.69, 9.17) is 4.74 Å². The van der Waals surface area contributed by atoms with Crippen LogP contribution in [0.25, 0.3) is 0 Å². The lowest BCUT2D eigenvalue weighted by molar-refractivity contribution is 0.0592. The Hall–Kier alpha value is -0.500. The van der Waals surface area contributed by atoms with Gasteiger partial charge in [-0.3, -0.25) is 0 Å². The summed E-state index contributed by atoms with van der Waals surface area (Å²) in [6.45, 7) is 5.70. The molecule has 0 radical (unpaired) electrons. The van der Waals surface area contributed by atoms with Crippen LogP contribution in [0, 0.1) is 0 Å². The lowest BCUT2D eigenvalue weighted by Gasteiger charge is -2.26. The van der Waals surface area contributed by atoms with Gasteiger partial charge >= 0.3 is 0 Å². The first-order valence-electron chi connectivity index (χ1n) is 4.55. The molecule has 0 N–H and O–H groups in total. The van der Waals surface area contributed by atoms with E-state index in [2.05, 4.69) is 22.5 Å². The van der Waals surface area contributed by atoms with Crippen LogP contribution in [0.3, 0.4) is 0 Å². The van der Waals surface area contributed by atoms with E-state index in [1.807, 2.05) is 19.1 Å². The highest BCUT2D eigenvalue weighted by Gasteiger charge is 2.18. The Morgan fingerprint density at radius 3 is 2.54 bits per heavy atom. The van der Waals surface area contributed by atoms with E-state index in [-0.39, 0.29) is 0 Å². The largest absolute Gasteiger partial charge is 0.490 e. The molecule has 1 fully saturated rings. The predicted molar refractivity (Wildman–Crippen MR) is 59.7 cm³/mol. The first-order valence-corrected chi connectivity index (χ1v) is 5.35. The molecule has 0 saturated heterocycles. The van der Waals surface area contributed by atoms with Crippen LogP contribution in [0.1, 0.15) is 26.2 Å². The van der Waals surface area contributed by atoms with Gasteiger partial charge in [0.2, 0.25) is 0 Å². The highest BCUT2D eigenvalue weighted by atomic mass is 79.9. The molecule has 1 aliphatic carbocycles. The molecule has 0 aromatic rings. The fourth-order valence-electron chi connectivity index (χ4n) is 1.03. The third-order valence-corrected chi connectivity index (χ3v) is 2.30. The van der Waals surface area contributed by atoms with E-state index in [1.54, 1.807) is 6.08 Å². The van der Waals surface area contributed by atoms with E-state index in [0.29, 0.717) is 6.10 Å². The van der Waals surface area contributed by atoms with Gasteiger partial charge in [-0.05, 0) is 48.9 Å². The van der Waals surface area contributed by atoms with Crippen molar-refractivity contribution in [3.05, 3.63) is 35.0 Å². The summed E-state index contributed by atoms with van der Waals surface area (Å²) >= 11 is 3.36. The highest BCUT2D eigenvalue weighted by Crippen LogP contribution is 2.24.